The molecule has 0 saturated carbocycles. The van der Waals surface area contributed by atoms with Gasteiger partial charge in [0, 0.05) is 18.6 Å². The predicted molar refractivity (Wildman–Crippen MR) is 77.0 cm³/mol. The van der Waals surface area contributed by atoms with E-state index in [2.05, 4.69) is 15.2 Å². The Morgan fingerprint density at radius 1 is 1.45 bits per heavy atom. The fourth-order valence-electron chi connectivity index (χ4n) is 2.43. The van der Waals surface area contributed by atoms with E-state index in [1.54, 1.807) is 6.07 Å². The molecule has 110 valence electrons. The Balaban J connectivity index is 2.01. The molecule has 1 amide bonds. The van der Waals surface area contributed by atoms with Crippen LogP contribution < -0.4 is 10.2 Å². The SMILES string of the molecule is CC(C)(C)NC(=O)C1CCCN(c2ccc(F)cn2)C1. The standard InChI is InChI=1S/C15H22FN3O/c1-15(2,3)18-14(20)11-5-4-8-19(10-11)13-7-6-12(16)9-17-13/h6-7,9,11H,4-5,8,10H2,1-3H3,(H,18,20). The van der Waals surface area contributed by atoms with Gasteiger partial charge in [0.25, 0.3) is 0 Å². The molecule has 1 atom stereocenters. The smallest absolute Gasteiger partial charge is 0.225 e. The number of carbonyl (C=O) groups excluding carboxylic acids is 1. The van der Waals surface area contributed by atoms with Gasteiger partial charge in [-0.1, -0.05) is 0 Å². The van der Waals surface area contributed by atoms with Gasteiger partial charge in [-0.3, -0.25) is 4.79 Å². The number of amides is 1. The minimum Gasteiger partial charge on any atom is -0.356 e. The van der Waals surface area contributed by atoms with Crippen molar-refractivity contribution in [3.63, 3.8) is 0 Å². The summed E-state index contributed by atoms with van der Waals surface area (Å²) in [6.45, 7) is 7.44. The minimum absolute atomic E-state index is 0.0326. The highest BCUT2D eigenvalue weighted by Gasteiger charge is 2.28. The molecule has 1 aromatic heterocycles. The first-order valence-electron chi connectivity index (χ1n) is 7.04. The van der Waals surface area contributed by atoms with E-state index in [-0.39, 0.29) is 23.2 Å². The van der Waals surface area contributed by atoms with Crippen molar-refractivity contribution in [2.24, 2.45) is 5.92 Å². The molecule has 1 aliphatic heterocycles. The summed E-state index contributed by atoms with van der Waals surface area (Å²) in [5.41, 5.74) is -0.215. The molecule has 0 spiro atoms. The summed E-state index contributed by atoms with van der Waals surface area (Å²) in [6.07, 6.45) is 3.05. The molecule has 0 aliphatic carbocycles. The van der Waals surface area contributed by atoms with Gasteiger partial charge in [-0.2, -0.15) is 0 Å². The normalized spacial score (nSPS) is 19.8. The molecule has 1 fully saturated rings. The van der Waals surface area contributed by atoms with E-state index >= 15 is 0 Å². The maximum Gasteiger partial charge on any atom is 0.225 e. The number of nitrogens with one attached hydrogen (secondary N) is 1. The average molecular weight is 279 g/mol. The molecular formula is C15H22FN3O. The Morgan fingerprint density at radius 3 is 2.80 bits per heavy atom. The number of pyridine rings is 1. The third-order valence-corrected chi connectivity index (χ3v) is 3.33. The van der Waals surface area contributed by atoms with Gasteiger partial charge < -0.3 is 10.2 Å². The van der Waals surface area contributed by atoms with Crippen LogP contribution in [0.15, 0.2) is 18.3 Å². The van der Waals surface area contributed by atoms with Gasteiger partial charge in [0.05, 0.1) is 12.1 Å². The van der Waals surface area contributed by atoms with Crippen molar-refractivity contribution >= 4 is 11.7 Å². The fourth-order valence-corrected chi connectivity index (χ4v) is 2.43. The molecule has 1 unspecified atom stereocenters. The van der Waals surface area contributed by atoms with Crippen molar-refractivity contribution in [1.82, 2.24) is 10.3 Å². The number of hydrogen-bond donors (Lipinski definition) is 1. The summed E-state index contributed by atoms with van der Waals surface area (Å²) in [5, 5.41) is 3.02. The van der Waals surface area contributed by atoms with Crippen LogP contribution in [0.1, 0.15) is 33.6 Å². The molecule has 1 aromatic rings. The second kappa shape index (κ2) is 5.77. The Labute approximate surface area is 119 Å². The van der Waals surface area contributed by atoms with Gasteiger partial charge in [0.1, 0.15) is 11.6 Å². The first-order valence-corrected chi connectivity index (χ1v) is 7.04. The lowest BCUT2D eigenvalue weighted by molar-refractivity contribution is -0.126. The zero-order chi connectivity index (χ0) is 14.8. The third kappa shape index (κ3) is 3.92. The molecule has 5 heteroatoms. The van der Waals surface area contributed by atoms with Crippen molar-refractivity contribution in [2.75, 3.05) is 18.0 Å². The first kappa shape index (κ1) is 14.8. The van der Waals surface area contributed by atoms with E-state index < -0.39 is 0 Å². The molecule has 0 radical (unpaired) electrons. The van der Waals surface area contributed by atoms with Crippen LogP contribution in [0.4, 0.5) is 10.2 Å². The largest absolute Gasteiger partial charge is 0.356 e. The van der Waals surface area contributed by atoms with Gasteiger partial charge in [0.2, 0.25) is 5.91 Å². The lowest BCUT2D eigenvalue weighted by atomic mass is 9.95. The van der Waals surface area contributed by atoms with Crippen molar-refractivity contribution < 1.29 is 9.18 Å². The monoisotopic (exact) mass is 279 g/mol. The van der Waals surface area contributed by atoms with E-state index in [1.807, 2.05) is 20.8 Å². The highest BCUT2D eigenvalue weighted by Crippen LogP contribution is 2.22. The number of hydrogen-bond acceptors (Lipinski definition) is 3. The summed E-state index contributed by atoms with van der Waals surface area (Å²) in [7, 11) is 0. The fraction of sp³-hybridized carbons (Fsp3) is 0.600. The number of carbonyl (C=O) groups is 1. The van der Waals surface area contributed by atoms with Gasteiger partial charge in [-0.15, -0.1) is 0 Å². The highest BCUT2D eigenvalue weighted by molar-refractivity contribution is 5.80. The van der Waals surface area contributed by atoms with Gasteiger partial charge in [0.15, 0.2) is 0 Å². The van der Waals surface area contributed by atoms with E-state index in [1.165, 1.54) is 12.3 Å². The quantitative estimate of drug-likeness (QED) is 0.904. The van der Waals surface area contributed by atoms with Gasteiger partial charge in [-0.05, 0) is 45.7 Å². The summed E-state index contributed by atoms with van der Waals surface area (Å²) in [4.78, 5) is 18.4. The van der Waals surface area contributed by atoms with Gasteiger partial charge >= 0.3 is 0 Å². The van der Waals surface area contributed by atoms with Crippen LogP contribution in [0, 0.1) is 11.7 Å². The first-order chi connectivity index (χ1) is 9.35. The summed E-state index contributed by atoms with van der Waals surface area (Å²) in [5.74, 6) is 0.451. The number of rotatable bonds is 2. The molecule has 2 rings (SSSR count). The molecule has 0 bridgehead atoms. The van der Waals surface area contributed by atoms with E-state index in [0.29, 0.717) is 6.54 Å². The van der Waals surface area contributed by atoms with Crippen LogP contribution in [-0.4, -0.2) is 29.5 Å². The van der Waals surface area contributed by atoms with Crippen LogP contribution in [0.2, 0.25) is 0 Å². The molecule has 20 heavy (non-hydrogen) atoms. The number of halogens is 1. The number of piperidine rings is 1. The van der Waals surface area contributed by atoms with Crippen molar-refractivity contribution in [1.29, 1.82) is 0 Å². The van der Waals surface area contributed by atoms with E-state index in [4.69, 9.17) is 0 Å². The second-order valence-corrected chi connectivity index (χ2v) is 6.36. The summed E-state index contributed by atoms with van der Waals surface area (Å²) < 4.78 is 12.9. The molecule has 2 heterocycles. The van der Waals surface area contributed by atoms with Crippen LogP contribution in [0.3, 0.4) is 0 Å². The Kier molecular flexibility index (Phi) is 4.26. The van der Waals surface area contributed by atoms with Gasteiger partial charge in [-0.25, -0.2) is 9.37 Å². The van der Waals surface area contributed by atoms with E-state index in [9.17, 15) is 9.18 Å². The maximum atomic E-state index is 12.9. The molecule has 1 N–H and O–H groups in total. The van der Waals surface area contributed by atoms with Crippen LogP contribution in [0.5, 0.6) is 0 Å². The average Bonchev–Trinajstić information content (AvgIpc) is 2.38. The molecule has 1 saturated heterocycles. The molecular weight excluding hydrogens is 257 g/mol. The lowest BCUT2D eigenvalue weighted by Gasteiger charge is -2.34. The molecule has 4 nitrogen and oxygen atoms in total. The lowest BCUT2D eigenvalue weighted by Crippen LogP contribution is -2.48. The zero-order valence-electron chi connectivity index (χ0n) is 12.3. The third-order valence-electron chi connectivity index (χ3n) is 3.33. The van der Waals surface area contributed by atoms with Crippen LogP contribution >= 0.6 is 0 Å². The minimum atomic E-state index is -0.340. The summed E-state index contributed by atoms with van der Waals surface area (Å²) in [6, 6.07) is 3.07. The van der Waals surface area contributed by atoms with E-state index in [0.717, 1.165) is 25.2 Å². The Bertz CT molecular complexity index is 467. The Morgan fingerprint density at radius 2 is 2.20 bits per heavy atom. The Hall–Kier alpha value is -1.65. The maximum absolute atomic E-state index is 12.9. The number of anilines is 1. The second-order valence-electron chi connectivity index (χ2n) is 6.36. The van der Waals surface area contributed by atoms with Crippen LogP contribution in [-0.2, 0) is 4.79 Å². The zero-order valence-corrected chi connectivity index (χ0v) is 12.3. The summed E-state index contributed by atoms with van der Waals surface area (Å²) >= 11 is 0. The van der Waals surface area contributed by atoms with Crippen molar-refractivity contribution in [2.45, 2.75) is 39.2 Å². The number of nitrogens with zero attached hydrogens (tertiary/aromatic N) is 2. The molecule has 1 aliphatic rings. The predicted octanol–water partition coefficient (Wildman–Crippen LogP) is 2.35. The van der Waals surface area contributed by atoms with Crippen molar-refractivity contribution in [3.05, 3.63) is 24.1 Å². The number of aromatic nitrogens is 1. The van der Waals surface area contributed by atoms with Crippen molar-refractivity contribution in [3.8, 4) is 0 Å². The highest BCUT2D eigenvalue weighted by atomic mass is 19.1. The topological polar surface area (TPSA) is 45.2 Å². The molecule has 0 aromatic carbocycles. The van der Waals surface area contributed by atoms with Crippen LogP contribution in [0.25, 0.3) is 0 Å².